The number of carboxylic acids is 2. The van der Waals surface area contributed by atoms with E-state index in [0.717, 1.165) is 0 Å². The molecule has 1 aromatic rings. The van der Waals surface area contributed by atoms with Crippen molar-refractivity contribution in [3.05, 3.63) is 58.7 Å². The number of hydrogen-bond donors (Lipinski definition) is 2. The van der Waals surface area contributed by atoms with Gasteiger partial charge < -0.3 is 10.2 Å². The number of benzene rings is 1. The third kappa shape index (κ3) is 5.25. The molecule has 1 rings (SSSR count). The Bertz CT molecular complexity index is 862. The molecule has 1 aromatic carbocycles. The van der Waals surface area contributed by atoms with Crippen LogP contribution in [0.5, 0.6) is 0 Å². The van der Waals surface area contributed by atoms with E-state index in [9.17, 15) is 29.4 Å². The molecule has 0 aliphatic carbocycles. The van der Waals surface area contributed by atoms with Crippen molar-refractivity contribution in [3.8, 4) is 0 Å². The van der Waals surface area contributed by atoms with Crippen molar-refractivity contribution in [3.63, 3.8) is 0 Å². The summed E-state index contributed by atoms with van der Waals surface area (Å²) in [5.41, 5.74) is 0.829. The summed E-state index contributed by atoms with van der Waals surface area (Å²) in [6.07, 6.45) is 0.257. The van der Waals surface area contributed by atoms with E-state index in [1.165, 1.54) is 12.1 Å². The summed E-state index contributed by atoms with van der Waals surface area (Å²) in [5, 5.41) is 19.1. The summed E-state index contributed by atoms with van der Waals surface area (Å²) in [5.74, 6) is -4.17. The largest absolute Gasteiger partial charge is 0.478 e. The maximum absolute atomic E-state index is 12.2. The van der Waals surface area contributed by atoms with Crippen LogP contribution in [0.25, 0.3) is 0 Å². The van der Waals surface area contributed by atoms with Gasteiger partial charge in [0.05, 0.1) is 11.1 Å². The molecule has 0 fully saturated rings. The van der Waals surface area contributed by atoms with Gasteiger partial charge in [0.15, 0.2) is 11.6 Å². The van der Waals surface area contributed by atoms with E-state index in [1.54, 1.807) is 27.7 Å². The highest BCUT2D eigenvalue weighted by atomic mass is 16.4. The molecule has 6 nitrogen and oxygen atoms in total. The Hall–Kier alpha value is -3.02. The number of carbonyl (C=O) groups is 4. The summed E-state index contributed by atoms with van der Waals surface area (Å²) in [4.78, 5) is 47.8. The van der Waals surface area contributed by atoms with Crippen LogP contribution in [0.15, 0.2) is 36.4 Å². The van der Waals surface area contributed by atoms with Gasteiger partial charge in [-0.2, -0.15) is 0 Å². The van der Waals surface area contributed by atoms with Crippen molar-refractivity contribution in [2.75, 3.05) is 0 Å². The molecule has 0 heterocycles. The van der Waals surface area contributed by atoms with Gasteiger partial charge in [-0.05, 0) is 55.0 Å². The van der Waals surface area contributed by atoms with E-state index in [4.69, 9.17) is 0 Å². The van der Waals surface area contributed by atoms with Crippen molar-refractivity contribution < 1.29 is 29.4 Å². The standard InChI is InChI=1S/C22H26O6/c1-11(2)19(23)13(5)9-15-7-8-16(21(25)26)18(22(27)28)17(15)10-14(6)20(24)12(3)4/h7-8,13-14H,1,3,9-10H2,2,4-6H3,(H,25,26)(H,27,28). The van der Waals surface area contributed by atoms with Crippen LogP contribution < -0.4 is 0 Å². The van der Waals surface area contributed by atoms with Gasteiger partial charge in [-0.25, -0.2) is 9.59 Å². The number of rotatable bonds is 10. The summed E-state index contributed by atoms with van der Waals surface area (Å²) >= 11 is 0. The summed E-state index contributed by atoms with van der Waals surface area (Å²) < 4.78 is 0. The van der Waals surface area contributed by atoms with Crippen molar-refractivity contribution in [1.29, 1.82) is 0 Å². The lowest BCUT2D eigenvalue weighted by molar-refractivity contribution is -0.119. The Labute approximate surface area is 164 Å². The molecule has 0 aliphatic heterocycles. The maximum Gasteiger partial charge on any atom is 0.336 e. The fourth-order valence-corrected chi connectivity index (χ4v) is 3.20. The molecule has 2 N–H and O–H groups in total. The number of carbonyl (C=O) groups excluding carboxylic acids is 2. The lowest BCUT2D eigenvalue weighted by Crippen LogP contribution is -2.22. The SMILES string of the molecule is C=C(C)C(=O)C(C)Cc1ccc(C(=O)O)c(C(=O)O)c1CC(C)C(=O)C(=C)C. The van der Waals surface area contributed by atoms with Gasteiger partial charge in [-0.1, -0.05) is 33.1 Å². The van der Waals surface area contributed by atoms with E-state index in [-0.39, 0.29) is 41.1 Å². The molecule has 2 atom stereocenters. The molecule has 150 valence electrons. The third-order valence-corrected chi connectivity index (χ3v) is 4.63. The zero-order chi connectivity index (χ0) is 21.8. The van der Waals surface area contributed by atoms with Gasteiger partial charge in [0.2, 0.25) is 0 Å². The van der Waals surface area contributed by atoms with Crippen LogP contribution >= 0.6 is 0 Å². The minimum absolute atomic E-state index is 0.0394. The Morgan fingerprint density at radius 1 is 0.857 bits per heavy atom. The molecule has 0 aliphatic rings. The second-order valence-corrected chi connectivity index (χ2v) is 7.24. The molecule has 0 amide bonds. The lowest BCUT2D eigenvalue weighted by atomic mass is 9.83. The number of Topliss-reactive ketones (excluding diaryl/α,β-unsaturated/α-hetero) is 2. The molecule has 0 bridgehead atoms. The van der Waals surface area contributed by atoms with Gasteiger partial charge in [0.1, 0.15) is 0 Å². The van der Waals surface area contributed by atoms with Crippen molar-refractivity contribution in [2.45, 2.75) is 40.5 Å². The molecule has 0 aromatic heterocycles. The van der Waals surface area contributed by atoms with Gasteiger partial charge in [-0.3, -0.25) is 9.59 Å². The minimum atomic E-state index is -1.39. The average Bonchev–Trinajstić information content (AvgIpc) is 2.60. The number of carboxylic acid groups (broad SMARTS) is 2. The van der Waals surface area contributed by atoms with E-state index in [1.807, 2.05) is 0 Å². The third-order valence-electron chi connectivity index (χ3n) is 4.63. The van der Waals surface area contributed by atoms with Gasteiger partial charge >= 0.3 is 11.9 Å². The Kier molecular flexibility index (Phi) is 7.61. The van der Waals surface area contributed by atoms with E-state index in [2.05, 4.69) is 13.2 Å². The van der Waals surface area contributed by atoms with Crippen LogP contribution in [0.1, 0.15) is 59.5 Å². The highest BCUT2D eigenvalue weighted by Gasteiger charge is 2.27. The monoisotopic (exact) mass is 386 g/mol. The molecule has 0 saturated carbocycles. The van der Waals surface area contributed by atoms with Gasteiger partial charge in [-0.15, -0.1) is 0 Å². The average molecular weight is 386 g/mol. The quantitative estimate of drug-likeness (QED) is 0.593. The highest BCUT2D eigenvalue weighted by Crippen LogP contribution is 2.27. The van der Waals surface area contributed by atoms with Crippen LogP contribution in [-0.2, 0) is 22.4 Å². The lowest BCUT2D eigenvalue weighted by Gasteiger charge is -2.20. The van der Waals surface area contributed by atoms with E-state index < -0.39 is 23.8 Å². The van der Waals surface area contributed by atoms with Crippen LogP contribution in [0.3, 0.4) is 0 Å². The summed E-state index contributed by atoms with van der Waals surface area (Å²) in [6, 6.07) is 2.75. The predicted molar refractivity (Wildman–Crippen MR) is 106 cm³/mol. The predicted octanol–water partition coefficient (Wildman–Crippen LogP) is 3.73. The highest BCUT2D eigenvalue weighted by molar-refractivity contribution is 6.03. The first-order valence-corrected chi connectivity index (χ1v) is 8.89. The van der Waals surface area contributed by atoms with Gasteiger partial charge in [0, 0.05) is 11.8 Å². The summed E-state index contributed by atoms with van der Waals surface area (Å²) in [6.45, 7) is 13.8. The van der Waals surface area contributed by atoms with Crippen LogP contribution in [0.4, 0.5) is 0 Å². The smallest absolute Gasteiger partial charge is 0.336 e. The molecular formula is C22H26O6. The number of aromatic carboxylic acids is 2. The van der Waals surface area contributed by atoms with Crippen LogP contribution in [0.2, 0.25) is 0 Å². The molecule has 0 radical (unpaired) electrons. The Morgan fingerprint density at radius 3 is 1.71 bits per heavy atom. The summed E-state index contributed by atoms with van der Waals surface area (Å²) in [7, 11) is 0. The Balaban J connectivity index is 3.56. The normalized spacial score (nSPS) is 12.7. The Morgan fingerprint density at radius 2 is 1.32 bits per heavy atom. The maximum atomic E-state index is 12.2. The fourth-order valence-electron chi connectivity index (χ4n) is 3.20. The van der Waals surface area contributed by atoms with E-state index >= 15 is 0 Å². The molecule has 0 saturated heterocycles. The molecule has 6 heteroatoms. The zero-order valence-corrected chi connectivity index (χ0v) is 16.7. The molecular weight excluding hydrogens is 360 g/mol. The van der Waals surface area contributed by atoms with Crippen LogP contribution in [0, 0.1) is 11.8 Å². The number of hydrogen-bond acceptors (Lipinski definition) is 4. The number of ketones is 2. The minimum Gasteiger partial charge on any atom is -0.478 e. The van der Waals surface area contributed by atoms with Gasteiger partial charge in [0.25, 0.3) is 0 Å². The first-order valence-electron chi connectivity index (χ1n) is 8.89. The number of allylic oxidation sites excluding steroid dienone is 2. The molecule has 0 spiro atoms. The van der Waals surface area contributed by atoms with Crippen LogP contribution in [-0.4, -0.2) is 33.7 Å². The first-order chi connectivity index (χ1) is 12.9. The second kappa shape index (κ2) is 9.26. The fraction of sp³-hybridized carbons (Fsp3) is 0.364. The molecule has 28 heavy (non-hydrogen) atoms. The molecule has 2 unspecified atom stereocenters. The second-order valence-electron chi connectivity index (χ2n) is 7.24. The van der Waals surface area contributed by atoms with Crippen molar-refractivity contribution >= 4 is 23.5 Å². The van der Waals surface area contributed by atoms with Crippen molar-refractivity contribution in [2.24, 2.45) is 11.8 Å². The topological polar surface area (TPSA) is 109 Å². The van der Waals surface area contributed by atoms with E-state index in [0.29, 0.717) is 16.7 Å². The first kappa shape index (κ1) is 23.0. The zero-order valence-electron chi connectivity index (χ0n) is 16.7. The van der Waals surface area contributed by atoms with Crippen molar-refractivity contribution in [1.82, 2.24) is 0 Å².